The molecule has 0 bridgehead atoms. The van der Waals surface area contributed by atoms with E-state index in [1.807, 2.05) is 6.07 Å². The summed E-state index contributed by atoms with van der Waals surface area (Å²) in [5.74, 6) is 0.569. The second-order valence-electron chi connectivity index (χ2n) is 4.12. The highest BCUT2D eigenvalue weighted by molar-refractivity contribution is 5.78. The monoisotopic (exact) mass is 199 g/mol. The van der Waals surface area contributed by atoms with Gasteiger partial charge in [-0.05, 0) is 24.5 Å². The molecule has 0 saturated carbocycles. The first-order chi connectivity index (χ1) is 7.31. The zero-order valence-electron chi connectivity index (χ0n) is 9.40. The zero-order valence-corrected chi connectivity index (χ0v) is 9.40. The maximum Gasteiger partial charge on any atom is 0.0705 e. The van der Waals surface area contributed by atoms with E-state index in [1.54, 1.807) is 0 Å². The van der Waals surface area contributed by atoms with Crippen LogP contribution in [0.15, 0.2) is 36.4 Å². The molecule has 2 aromatic rings. The number of nitrogens with zero attached hydrogens (tertiary/aromatic N) is 1. The summed E-state index contributed by atoms with van der Waals surface area (Å²) < 4.78 is 0. The summed E-state index contributed by atoms with van der Waals surface area (Å²) in [5, 5.41) is 1.23. The molecule has 0 spiro atoms. The van der Waals surface area contributed by atoms with E-state index in [-0.39, 0.29) is 0 Å². The average Bonchev–Trinajstić information content (AvgIpc) is 2.29. The van der Waals surface area contributed by atoms with Crippen LogP contribution in [0.1, 0.15) is 38.3 Å². The molecule has 15 heavy (non-hydrogen) atoms. The van der Waals surface area contributed by atoms with Crippen LogP contribution in [-0.4, -0.2) is 4.98 Å². The van der Waals surface area contributed by atoms with E-state index in [1.165, 1.54) is 23.9 Å². The van der Waals surface area contributed by atoms with Crippen LogP contribution in [0.2, 0.25) is 0 Å². The van der Waals surface area contributed by atoms with Crippen molar-refractivity contribution in [3.8, 4) is 0 Å². The van der Waals surface area contributed by atoms with Crippen molar-refractivity contribution in [3.63, 3.8) is 0 Å². The fourth-order valence-corrected chi connectivity index (χ4v) is 1.94. The topological polar surface area (TPSA) is 12.9 Å². The van der Waals surface area contributed by atoms with Gasteiger partial charge in [0.15, 0.2) is 0 Å². The summed E-state index contributed by atoms with van der Waals surface area (Å²) >= 11 is 0. The third-order valence-corrected chi connectivity index (χ3v) is 2.85. The highest BCUT2D eigenvalue weighted by atomic mass is 14.7. The largest absolute Gasteiger partial charge is 0.253 e. The van der Waals surface area contributed by atoms with Gasteiger partial charge in [0.1, 0.15) is 0 Å². The lowest BCUT2D eigenvalue weighted by Gasteiger charge is -2.09. The molecular formula is C14H17N. The molecule has 1 nitrogen and oxygen atoms in total. The Balaban J connectivity index is 2.38. The highest BCUT2D eigenvalue weighted by Gasteiger charge is 2.06. The van der Waals surface area contributed by atoms with Crippen LogP contribution < -0.4 is 0 Å². The fraction of sp³-hybridized carbons (Fsp3) is 0.357. The number of para-hydroxylation sites is 1. The van der Waals surface area contributed by atoms with E-state index in [4.69, 9.17) is 4.98 Å². The molecule has 0 aliphatic carbocycles. The Bertz CT molecular complexity index is 448. The molecule has 0 amide bonds. The number of pyridine rings is 1. The summed E-state index contributed by atoms with van der Waals surface area (Å²) in [6.07, 6.45) is 2.43. The van der Waals surface area contributed by atoms with Crippen LogP contribution in [-0.2, 0) is 0 Å². The molecule has 1 aromatic carbocycles. The molecule has 2 rings (SSSR count). The predicted octanol–water partition coefficient (Wildman–Crippen LogP) is 4.14. The molecule has 0 fully saturated rings. The Labute approximate surface area is 91.2 Å². The molecule has 1 unspecified atom stereocenters. The first kappa shape index (κ1) is 10.2. The van der Waals surface area contributed by atoms with Crippen LogP contribution in [0.25, 0.3) is 10.9 Å². The van der Waals surface area contributed by atoms with Crippen LogP contribution in [0.4, 0.5) is 0 Å². The van der Waals surface area contributed by atoms with Crippen LogP contribution in [0.5, 0.6) is 0 Å². The number of hydrogen-bond acceptors (Lipinski definition) is 1. The summed E-state index contributed by atoms with van der Waals surface area (Å²) in [6.45, 7) is 4.47. The Kier molecular flexibility index (Phi) is 3.00. The molecule has 1 heterocycles. The molecule has 0 radical (unpaired) electrons. The smallest absolute Gasteiger partial charge is 0.0705 e. The lowest BCUT2D eigenvalue weighted by Crippen LogP contribution is -1.96. The minimum Gasteiger partial charge on any atom is -0.253 e. The summed E-state index contributed by atoms with van der Waals surface area (Å²) in [4.78, 5) is 4.69. The van der Waals surface area contributed by atoms with E-state index in [9.17, 15) is 0 Å². The van der Waals surface area contributed by atoms with E-state index >= 15 is 0 Å². The van der Waals surface area contributed by atoms with Gasteiger partial charge in [-0.15, -0.1) is 0 Å². The lowest BCUT2D eigenvalue weighted by molar-refractivity contribution is 0.650. The van der Waals surface area contributed by atoms with Crippen LogP contribution in [0.3, 0.4) is 0 Å². The van der Waals surface area contributed by atoms with Gasteiger partial charge in [0.05, 0.1) is 5.52 Å². The third kappa shape index (κ3) is 2.17. The van der Waals surface area contributed by atoms with Crippen LogP contribution >= 0.6 is 0 Å². The minimum atomic E-state index is 0.569. The Hall–Kier alpha value is -1.37. The maximum atomic E-state index is 4.69. The average molecular weight is 199 g/mol. The number of hydrogen-bond donors (Lipinski definition) is 0. The molecule has 0 aliphatic rings. The normalized spacial score (nSPS) is 12.9. The Morgan fingerprint density at radius 2 is 1.93 bits per heavy atom. The van der Waals surface area contributed by atoms with Crippen molar-refractivity contribution in [2.75, 3.05) is 0 Å². The summed E-state index contributed by atoms with van der Waals surface area (Å²) in [7, 11) is 0. The summed E-state index contributed by atoms with van der Waals surface area (Å²) in [6, 6.07) is 12.6. The van der Waals surface area contributed by atoms with Crippen molar-refractivity contribution in [1.82, 2.24) is 4.98 Å². The fourth-order valence-electron chi connectivity index (χ4n) is 1.94. The molecule has 0 N–H and O–H groups in total. The number of benzene rings is 1. The van der Waals surface area contributed by atoms with Crippen molar-refractivity contribution in [2.24, 2.45) is 0 Å². The summed E-state index contributed by atoms with van der Waals surface area (Å²) in [5.41, 5.74) is 2.33. The molecule has 78 valence electrons. The van der Waals surface area contributed by atoms with E-state index in [0.29, 0.717) is 5.92 Å². The third-order valence-electron chi connectivity index (χ3n) is 2.85. The van der Waals surface area contributed by atoms with Crippen molar-refractivity contribution in [2.45, 2.75) is 32.6 Å². The van der Waals surface area contributed by atoms with Gasteiger partial charge in [-0.25, -0.2) is 0 Å². The number of fused-ring (bicyclic) bond motifs is 1. The first-order valence-corrected chi connectivity index (χ1v) is 5.67. The number of rotatable bonds is 3. The van der Waals surface area contributed by atoms with Crippen molar-refractivity contribution >= 4 is 10.9 Å². The van der Waals surface area contributed by atoms with Crippen LogP contribution in [0, 0.1) is 0 Å². The van der Waals surface area contributed by atoms with Gasteiger partial charge in [0, 0.05) is 11.1 Å². The second kappa shape index (κ2) is 4.43. The van der Waals surface area contributed by atoms with E-state index < -0.39 is 0 Å². The van der Waals surface area contributed by atoms with Gasteiger partial charge < -0.3 is 0 Å². The first-order valence-electron chi connectivity index (χ1n) is 5.67. The van der Waals surface area contributed by atoms with Gasteiger partial charge >= 0.3 is 0 Å². The van der Waals surface area contributed by atoms with Crippen molar-refractivity contribution in [1.29, 1.82) is 0 Å². The van der Waals surface area contributed by atoms with Gasteiger partial charge in [0.2, 0.25) is 0 Å². The second-order valence-corrected chi connectivity index (χ2v) is 4.12. The Morgan fingerprint density at radius 1 is 1.13 bits per heavy atom. The van der Waals surface area contributed by atoms with Gasteiger partial charge in [-0.2, -0.15) is 0 Å². The van der Waals surface area contributed by atoms with E-state index in [2.05, 4.69) is 44.2 Å². The predicted molar refractivity (Wildman–Crippen MR) is 65.1 cm³/mol. The van der Waals surface area contributed by atoms with E-state index in [0.717, 1.165) is 5.52 Å². The van der Waals surface area contributed by atoms with Gasteiger partial charge in [-0.3, -0.25) is 4.98 Å². The molecule has 0 saturated heterocycles. The maximum absolute atomic E-state index is 4.69. The van der Waals surface area contributed by atoms with Gasteiger partial charge in [0.25, 0.3) is 0 Å². The lowest BCUT2D eigenvalue weighted by atomic mass is 10.0. The number of aromatic nitrogens is 1. The SMILES string of the molecule is CCCC(C)c1ccc2ccccc2n1. The zero-order chi connectivity index (χ0) is 10.7. The molecule has 1 heteroatoms. The standard InChI is InChI=1S/C14H17N/c1-3-6-11(2)13-10-9-12-7-4-5-8-14(12)15-13/h4-5,7-11H,3,6H2,1-2H3. The molecular weight excluding hydrogens is 182 g/mol. The quantitative estimate of drug-likeness (QED) is 0.724. The van der Waals surface area contributed by atoms with Crippen molar-refractivity contribution in [3.05, 3.63) is 42.1 Å². The minimum absolute atomic E-state index is 0.569. The molecule has 0 aliphatic heterocycles. The molecule has 1 aromatic heterocycles. The van der Waals surface area contributed by atoms with Crippen molar-refractivity contribution < 1.29 is 0 Å². The highest BCUT2D eigenvalue weighted by Crippen LogP contribution is 2.21. The Morgan fingerprint density at radius 3 is 2.73 bits per heavy atom. The molecule has 1 atom stereocenters. The van der Waals surface area contributed by atoms with Gasteiger partial charge in [-0.1, -0.05) is 44.5 Å².